The third kappa shape index (κ3) is 4.23. The number of carbonyl (C=O) groups is 1. The topological polar surface area (TPSA) is 105 Å². The van der Waals surface area contributed by atoms with Crippen molar-refractivity contribution in [1.29, 1.82) is 0 Å². The van der Waals surface area contributed by atoms with Gasteiger partial charge in [0, 0.05) is 39.6 Å². The van der Waals surface area contributed by atoms with Gasteiger partial charge >= 0.3 is 0 Å². The molecule has 32 heavy (non-hydrogen) atoms. The fourth-order valence-corrected chi connectivity index (χ4v) is 5.01. The first-order valence-electron chi connectivity index (χ1n) is 10.2. The number of nitrogens with zero attached hydrogens (tertiary/aromatic N) is 4. The van der Waals surface area contributed by atoms with Crippen molar-refractivity contribution in [2.45, 2.75) is 18.7 Å². The van der Waals surface area contributed by atoms with E-state index in [1.165, 1.54) is 23.5 Å². The highest BCUT2D eigenvalue weighted by atomic mass is 32.2. The number of carbonyl (C=O) groups excluding carboxylic acids is 1. The van der Waals surface area contributed by atoms with E-state index < -0.39 is 15.9 Å². The number of amides is 1. The van der Waals surface area contributed by atoms with Gasteiger partial charge < -0.3 is 10.2 Å². The molecule has 1 amide bonds. The summed E-state index contributed by atoms with van der Waals surface area (Å²) in [7, 11) is 1.36. The van der Waals surface area contributed by atoms with Crippen molar-refractivity contribution in [3.63, 3.8) is 0 Å². The number of aryl methyl sites for hydroxylation is 1. The van der Waals surface area contributed by atoms with E-state index in [1.807, 2.05) is 0 Å². The van der Waals surface area contributed by atoms with Crippen LogP contribution in [0.1, 0.15) is 24.3 Å². The Morgan fingerprint density at radius 1 is 1.06 bits per heavy atom. The zero-order valence-corrected chi connectivity index (χ0v) is 19.6. The summed E-state index contributed by atoms with van der Waals surface area (Å²) >= 11 is 0. The van der Waals surface area contributed by atoms with Crippen LogP contribution in [-0.4, -0.2) is 55.6 Å². The Morgan fingerprint density at radius 3 is 2.28 bits per heavy atom. The van der Waals surface area contributed by atoms with Gasteiger partial charge in [-0.2, -0.15) is 9.40 Å². The Labute approximate surface area is 187 Å². The first-order valence-corrected chi connectivity index (χ1v) is 11.6. The summed E-state index contributed by atoms with van der Waals surface area (Å²) in [5.74, 6) is -0.544. The van der Waals surface area contributed by atoms with Crippen LogP contribution in [0.25, 0.3) is 10.8 Å². The van der Waals surface area contributed by atoms with Crippen LogP contribution in [0.5, 0.6) is 0 Å². The molecule has 1 heterocycles. The first-order chi connectivity index (χ1) is 15.1. The minimum absolute atomic E-state index is 0.0735. The van der Waals surface area contributed by atoms with E-state index in [9.17, 15) is 18.0 Å². The summed E-state index contributed by atoms with van der Waals surface area (Å²) in [5, 5.41) is 7.74. The fraction of sp³-hybridized carbons (Fsp3) is 0.318. The SMILES string of the molecule is CCN(CC)S(=O)(=O)c1ccc(N(C)C)c(NC(=O)c2nn(C)c(=O)c3ccccc23)c1. The fourth-order valence-electron chi connectivity index (χ4n) is 3.53. The Bertz CT molecular complexity index is 1330. The minimum atomic E-state index is -3.71. The second-order valence-corrected chi connectivity index (χ2v) is 9.38. The molecule has 2 aromatic carbocycles. The van der Waals surface area contributed by atoms with Crippen LogP contribution in [0.3, 0.4) is 0 Å². The molecule has 0 aliphatic heterocycles. The third-order valence-corrected chi connectivity index (χ3v) is 7.26. The zero-order valence-electron chi connectivity index (χ0n) is 18.8. The molecule has 0 bridgehead atoms. The van der Waals surface area contributed by atoms with Gasteiger partial charge in [0.1, 0.15) is 0 Å². The van der Waals surface area contributed by atoms with Gasteiger partial charge in [-0.15, -0.1) is 0 Å². The number of hydrogen-bond donors (Lipinski definition) is 1. The van der Waals surface area contributed by atoms with Crippen molar-refractivity contribution in [1.82, 2.24) is 14.1 Å². The number of aromatic nitrogens is 2. The van der Waals surface area contributed by atoms with Gasteiger partial charge in [-0.25, -0.2) is 13.1 Å². The minimum Gasteiger partial charge on any atom is -0.376 e. The summed E-state index contributed by atoms with van der Waals surface area (Å²) in [6.07, 6.45) is 0. The zero-order chi connectivity index (χ0) is 23.6. The number of sulfonamides is 1. The molecule has 3 rings (SSSR count). The van der Waals surface area contributed by atoms with Gasteiger partial charge in [0.2, 0.25) is 10.0 Å². The van der Waals surface area contributed by atoms with Crippen molar-refractivity contribution in [2.24, 2.45) is 7.05 Å². The molecule has 0 fully saturated rings. The highest BCUT2D eigenvalue weighted by molar-refractivity contribution is 7.89. The van der Waals surface area contributed by atoms with E-state index in [1.54, 1.807) is 63.2 Å². The molecule has 1 N–H and O–H groups in total. The number of benzene rings is 2. The van der Waals surface area contributed by atoms with E-state index >= 15 is 0 Å². The number of rotatable bonds is 7. The molecule has 0 spiro atoms. The first kappa shape index (κ1) is 23.4. The van der Waals surface area contributed by atoms with Gasteiger partial charge in [0.25, 0.3) is 11.5 Å². The molecule has 3 aromatic rings. The summed E-state index contributed by atoms with van der Waals surface area (Å²) in [6, 6.07) is 11.4. The number of fused-ring (bicyclic) bond motifs is 1. The monoisotopic (exact) mass is 457 g/mol. The van der Waals surface area contributed by atoms with Crippen LogP contribution in [-0.2, 0) is 17.1 Å². The second-order valence-electron chi connectivity index (χ2n) is 7.44. The summed E-state index contributed by atoms with van der Waals surface area (Å²) < 4.78 is 28.4. The molecule has 0 radical (unpaired) electrons. The molecule has 10 heteroatoms. The molecule has 0 unspecified atom stereocenters. The predicted octanol–water partition coefficient (Wildman–Crippen LogP) is 2.28. The van der Waals surface area contributed by atoms with Gasteiger partial charge in [-0.05, 0) is 24.3 Å². The van der Waals surface area contributed by atoms with Gasteiger partial charge in [-0.3, -0.25) is 9.59 Å². The van der Waals surface area contributed by atoms with E-state index in [4.69, 9.17) is 0 Å². The van der Waals surface area contributed by atoms with Crippen molar-refractivity contribution >= 4 is 38.1 Å². The number of anilines is 2. The van der Waals surface area contributed by atoms with Gasteiger partial charge in [0.15, 0.2) is 5.69 Å². The lowest BCUT2D eigenvalue weighted by Crippen LogP contribution is -2.31. The quantitative estimate of drug-likeness (QED) is 0.584. The van der Waals surface area contributed by atoms with E-state index in [0.717, 1.165) is 4.68 Å². The van der Waals surface area contributed by atoms with Crippen molar-refractivity contribution in [3.05, 3.63) is 58.5 Å². The molecule has 0 saturated heterocycles. The molecule has 170 valence electrons. The summed E-state index contributed by atoms with van der Waals surface area (Å²) in [4.78, 5) is 27.4. The molecular weight excluding hydrogens is 430 g/mol. The maximum Gasteiger partial charge on any atom is 0.276 e. The lowest BCUT2D eigenvalue weighted by molar-refractivity contribution is 0.102. The summed E-state index contributed by atoms with van der Waals surface area (Å²) in [5.41, 5.74) is 0.724. The number of hydrogen-bond acceptors (Lipinski definition) is 6. The highest BCUT2D eigenvalue weighted by Gasteiger charge is 2.24. The van der Waals surface area contributed by atoms with Gasteiger partial charge in [0.05, 0.1) is 21.7 Å². The van der Waals surface area contributed by atoms with Crippen LogP contribution in [0, 0.1) is 0 Å². The maximum absolute atomic E-state index is 13.2. The highest BCUT2D eigenvalue weighted by Crippen LogP contribution is 2.30. The normalized spacial score (nSPS) is 11.7. The predicted molar refractivity (Wildman–Crippen MR) is 126 cm³/mol. The Morgan fingerprint density at radius 2 is 1.69 bits per heavy atom. The Balaban J connectivity index is 2.11. The van der Waals surface area contributed by atoms with Gasteiger partial charge in [-0.1, -0.05) is 32.0 Å². The molecule has 0 saturated carbocycles. The van der Waals surface area contributed by atoms with Crippen molar-refractivity contribution in [2.75, 3.05) is 37.4 Å². The van der Waals surface area contributed by atoms with Crippen molar-refractivity contribution < 1.29 is 13.2 Å². The molecule has 9 nitrogen and oxygen atoms in total. The molecule has 0 aliphatic rings. The summed E-state index contributed by atoms with van der Waals surface area (Å²) in [6.45, 7) is 4.22. The third-order valence-electron chi connectivity index (χ3n) is 5.21. The Hall–Kier alpha value is -3.24. The second kappa shape index (κ2) is 9.09. The molecule has 0 aliphatic carbocycles. The van der Waals surface area contributed by atoms with Crippen molar-refractivity contribution in [3.8, 4) is 0 Å². The lowest BCUT2D eigenvalue weighted by Gasteiger charge is -2.22. The molecular formula is C22H27N5O4S. The number of nitrogens with one attached hydrogen (secondary N) is 1. The smallest absolute Gasteiger partial charge is 0.276 e. The maximum atomic E-state index is 13.2. The standard InChI is InChI=1S/C22H27N5O4S/c1-6-27(7-2)32(30,31)15-12-13-19(25(3)4)18(14-15)23-21(28)20-16-10-8-9-11-17(16)22(29)26(5)24-20/h8-14H,6-7H2,1-5H3,(H,23,28). The van der Waals surface area contributed by atoms with E-state index in [2.05, 4.69) is 10.4 Å². The van der Waals surface area contributed by atoms with Crippen LogP contribution in [0.15, 0.2) is 52.2 Å². The Kier molecular flexibility index (Phi) is 6.65. The van der Waals surface area contributed by atoms with E-state index in [-0.39, 0.29) is 16.1 Å². The lowest BCUT2D eigenvalue weighted by atomic mass is 10.1. The average molecular weight is 458 g/mol. The largest absolute Gasteiger partial charge is 0.376 e. The van der Waals surface area contributed by atoms with Crippen LogP contribution >= 0.6 is 0 Å². The van der Waals surface area contributed by atoms with E-state index in [0.29, 0.717) is 35.2 Å². The van der Waals surface area contributed by atoms with Crippen LogP contribution < -0.4 is 15.8 Å². The molecule has 1 aromatic heterocycles. The molecule has 0 atom stereocenters. The van der Waals surface area contributed by atoms with Crippen LogP contribution in [0.4, 0.5) is 11.4 Å². The van der Waals surface area contributed by atoms with Crippen LogP contribution in [0.2, 0.25) is 0 Å². The average Bonchev–Trinajstić information content (AvgIpc) is 2.76.